The minimum atomic E-state index is -4.39. The number of piperidine rings is 1. The third-order valence-electron chi connectivity index (χ3n) is 2.84. The van der Waals surface area contributed by atoms with Gasteiger partial charge in [0.2, 0.25) is 0 Å². The fourth-order valence-corrected chi connectivity index (χ4v) is 1.97. The SMILES string of the molecule is FC(F)(F)c1ccnc(CC2CCCCN2)n1. The summed E-state index contributed by atoms with van der Waals surface area (Å²) in [5.41, 5.74) is -0.863. The van der Waals surface area contributed by atoms with Crippen LogP contribution in [0.3, 0.4) is 0 Å². The zero-order chi connectivity index (χ0) is 12.3. The number of aromatic nitrogens is 2. The number of nitrogens with zero attached hydrogens (tertiary/aromatic N) is 2. The largest absolute Gasteiger partial charge is 0.433 e. The Hall–Kier alpha value is -1.17. The maximum absolute atomic E-state index is 12.4. The summed E-state index contributed by atoms with van der Waals surface area (Å²) in [6.45, 7) is 0.920. The van der Waals surface area contributed by atoms with Gasteiger partial charge in [-0.2, -0.15) is 13.2 Å². The quantitative estimate of drug-likeness (QED) is 0.867. The van der Waals surface area contributed by atoms with Gasteiger partial charge in [-0.15, -0.1) is 0 Å². The van der Waals surface area contributed by atoms with Crippen LogP contribution in [0.15, 0.2) is 12.3 Å². The number of rotatable bonds is 2. The van der Waals surface area contributed by atoms with E-state index in [-0.39, 0.29) is 11.9 Å². The Morgan fingerprint density at radius 2 is 2.18 bits per heavy atom. The Morgan fingerprint density at radius 1 is 1.35 bits per heavy atom. The molecule has 0 saturated carbocycles. The number of hydrogen-bond donors (Lipinski definition) is 1. The number of nitrogens with one attached hydrogen (secondary N) is 1. The van der Waals surface area contributed by atoms with Crippen LogP contribution < -0.4 is 5.32 Å². The molecule has 17 heavy (non-hydrogen) atoms. The Bertz CT molecular complexity index is 372. The van der Waals surface area contributed by atoms with Gasteiger partial charge in [-0.05, 0) is 25.5 Å². The van der Waals surface area contributed by atoms with Crippen LogP contribution >= 0.6 is 0 Å². The van der Waals surface area contributed by atoms with Crippen LogP contribution in [0.1, 0.15) is 30.8 Å². The van der Waals surface area contributed by atoms with E-state index >= 15 is 0 Å². The molecule has 0 bridgehead atoms. The normalized spacial score (nSPS) is 21.5. The van der Waals surface area contributed by atoms with E-state index in [4.69, 9.17) is 0 Å². The minimum absolute atomic E-state index is 0.201. The summed E-state index contributed by atoms with van der Waals surface area (Å²) in [7, 11) is 0. The summed E-state index contributed by atoms with van der Waals surface area (Å²) in [5.74, 6) is 0.263. The van der Waals surface area contributed by atoms with Crippen molar-refractivity contribution in [3.05, 3.63) is 23.8 Å². The van der Waals surface area contributed by atoms with Crippen LogP contribution in [0.5, 0.6) is 0 Å². The van der Waals surface area contributed by atoms with Gasteiger partial charge in [0.25, 0.3) is 0 Å². The smallest absolute Gasteiger partial charge is 0.314 e. The van der Waals surface area contributed by atoms with Crippen molar-refractivity contribution in [2.24, 2.45) is 0 Å². The van der Waals surface area contributed by atoms with Gasteiger partial charge in [0.15, 0.2) is 0 Å². The van der Waals surface area contributed by atoms with Gasteiger partial charge in [0, 0.05) is 18.7 Å². The fraction of sp³-hybridized carbons (Fsp3) is 0.636. The second kappa shape index (κ2) is 5.00. The molecule has 0 amide bonds. The Kier molecular flexibility index (Phi) is 3.61. The average Bonchev–Trinajstić information content (AvgIpc) is 2.29. The van der Waals surface area contributed by atoms with Crippen molar-refractivity contribution < 1.29 is 13.2 Å². The third-order valence-corrected chi connectivity index (χ3v) is 2.84. The molecule has 0 aliphatic carbocycles. The van der Waals surface area contributed by atoms with Gasteiger partial charge < -0.3 is 5.32 Å². The van der Waals surface area contributed by atoms with Crippen molar-refractivity contribution in [2.45, 2.75) is 37.9 Å². The van der Waals surface area contributed by atoms with Crippen molar-refractivity contribution in [2.75, 3.05) is 6.54 Å². The van der Waals surface area contributed by atoms with Crippen LogP contribution in [0.4, 0.5) is 13.2 Å². The third kappa shape index (κ3) is 3.39. The minimum Gasteiger partial charge on any atom is -0.314 e. The molecule has 2 heterocycles. The van der Waals surface area contributed by atoms with E-state index < -0.39 is 11.9 Å². The van der Waals surface area contributed by atoms with Crippen LogP contribution in [0.2, 0.25) is 0 Å². The first kappa shape index (κ1) is 12.3. The molecule has 6 heteroatoms. The standard InChI is InChI=1S/C11H14F3N3/c12-11(13,14)9-4-6-16-10(17-9)7-8-3-1-2-5-15-8/h4,6,8,15H,1-3,5,7H2. The van der Waals surface area contributed by atoms with E-state index in [1.54, 1.807) is 0 Å². The van der Waals surface area contributed by atoms with E-state index in [0.29, 0.717) is 6.42 Å². The van der Waals surface area contributed by atoms with Gasteiger partial charge in [-0.1, -0.05) is 6.42 Å². The summed E-state index contributed by atoms with van der Waals surface area (Å²) >= 11 is 0. The first-order chi connectivity index (χ1) is 8.05. The van der Waals surface area contributed by atoms with Gasteiger partial charge >= 0.3 is 6.18 Å². The molecule has 0 radical (unpaired) electrons. The average molecular weight is 245 g/mol. The van der Waals surface area contributed by atoms with E-state index in [0.717, 1.165) is 31.9 Å². The van der Waals surface area contributed by atoms with E-state index in [9.17, 15) is 13.2 Å². The summed E-state index contributed by atoms with van der Waals surface area (Å²) in [6.07, 6.45) is 0.450. The number of hydrogen-bond acceptors (Lipinski definition) is 3. The second-order valence-electron chi connectivity index (χ2n) is 4.21. The molecule has 2 rings (SSSR count). The molecule has 1 atom stereocenters. The van der Waals surface area contributed by atoms with E-state index in [1.165, 1.54) is 6.20 Å². The van der Waals surface area contributed by atoms with Gasteiger partial charge in [0.1, 0.15) is 11.5 Å². The summed E-state index contributed by atoms with van der Waals surface area (Å²) in [6, 6.07) is 1.10. The van der Waals surface area contributed by atoms with Gasteiger partial charge in [-0.25, -0.2) is 9.97 Å². The zero-order valence-corrected chi connectivity index (χ0v) is 9.30. The molecule has 1 saturated heterocycles. The van der Waals surface area contributed by atoms with Crippen molar-refractivity contribution in [1.82, 2.24) is 15.3 Å². The zero-order valence-electron chi connectivity index (χ0n) is 9.30. The molecular weight excluding hydrogens is 231 g/mol. The maximum Gasteiger partial charge on any atom is 0.433 e. The highest BCUT2D eigenvalue weighted by Crippen LogP contribution is 2.27. The summed E-state index contributed by atoms with van der Waals surface area (Å²) in [4.78, 5) is 7.46. The Balaban J connectivity index is 2.05. The predicted molar refractivity (Wildman–Crippen MR) is 56.4 cm³/mol. The molecule has 1 aliphatic heterocycles. The first-order valence-electron chi connectivity index (χ1n) is 5.68. The molecule has 1 N–H and O–H groups in total. The molecular formula is C11H14F3N3. The molecule has 0 spiro atoms. The lowest BCUT2D eigenvalue weighted by atomic mass is 10.0. The van der Waals surface area contributed by atoms with E-state index in [1.807, 2.05) is 0 Å². The highest BCUT2D eigenvalue weighted by Gasteiger charge is 2.32. The van der Waals surface area contributed by atoms with Crippen LogP contribution in [-0.4, -0.2) is 22.6 Å². The van der Waals surface area contributed by atoms with Crippen LogP contribution in [0.25, 0.3) is 0 Å². The molecule has 1 fully saturated rings. The topological polar surface area (TPSA) is 37.8 Å². The Labute approximate surface area is 97.5 Å². The lowest BCUT2D eigenvalue weighted by Crippen LogP contribution is -2.36. The molecule has 1 aliphatic rings. The van der Waals surface area contributed by atoms with E-state index in [2.05, 4.69) is 15.3 Å². The molecule has 1 unspecified atom stereocenters. The van der Waals surface area contributed by atoms with Crippen LogP contribution in [-0.2, 0) is 12.6 Å². The molecule has 94 valence electrons. The summed E-state index contributed by atoms with van der Waals surface area (Å²) in [5, 5.41) is 3.26. The molecule has 1 aromatic rings. The van der Waals surface area contributed by atoms with Gasteiger partial charge in [-0.3, -0.25) is 0 Å². The predicted octanol–water partition coefficient (Wildman–Crippen LogP) is 2.18. The van der Waals surface area contributed by atoms with Crippen molar-refractivity contribution in [3.63, 3.8) is 0 Å². The summed E-state index contributed by atoms with van der Waals surface area (Å²) < 4.78 is 37.3. The Morgan fingerprint density at radius 3 is 2.82 bits per heavy atom. The lowest BCUT2D eigenvalue weighted by molar-refractivity contribution is -0.141. The fourth-order valence-electron chi connectivity index (χ4n) is 1.97. The molecule has 1 aromatic heterocycles. The molecule has 0 aromatic carbocycles. The highest BCUT2D eigenvalue weighted by atomic mass is 19.4. The van der Waals surface area contributed by atoms with Crippen molar-refractivity contribution >= 4 is 0 Å². The van der Waals surface area contributed by atoms with Crippen molar-refractivity contribution in [1.29, 1.82) is 0 Å². The van der Waals surface area contributed by atoms with Crippen molar-refractivity contribution in [3.8, 4) is 0 Å². The lowest BCUT2D eigenvalue weighted by Gasteiger charge is -2.22. The maximum atomic E-state index is 12.4. The highest BCUT2D eigenvalue weighted by molar-refractivity contribution is 5.07. The molecule has 3 nitrogen and oxygen atoms in total. The number of halogens is 3. The van der Waals surface area contributed by atoms with Gasteiger partial charge in [0.05, 0.1) is 0 Å². The monoisotopic (exact) mass is 245 g/mol. The number of alkyl halides is 3. The second-order valence-corrected chi connectivity index (χ2v) is 4.21. The first-order valence-corrected chi connectivity index (χ1v) is 5.68. The van der Waals surface area contributed by atoms with Crippen LogP contribution in [0, 0.1) is 0 Å².